The molecule has 0 bridgehead atoms. The molecule has 26 heavy (non-hydrogen) atoms. The summed E-state index contributed by atoms with van der Waals surface area (Å²) in [7, 11) is 0. The fourth-order valence-electron chi connectivity index (χ4n) is 2.28. The van der Waals surface area contributed by atoms with Crippen LogP contribution in [0, 0.1) is 11.3 Å². The molecule has 2 amide bonds. The molecule has 6 heteroatoms. The molecule has 3 rings (SSSR count). The maximum absolute atomic E-state index is 12.1. The summed E-state index contributed by atoms with van der Waals surface area (Å²) in [5.74, 6) is 1.17. The number of hydrogen-bond acceptors (Lipinski definition) is 4. The molecule has 0 fully saturated rings. The number of rotatable bonds is 4. The van der Waals surface area contributed by atoms with E-state index < -0.39 is 0 Å². The third-order valence-corrected chi connectivity index (χ3v) is 3.46. The number of ether oxygens (including phenoxy) is 1. The largest absolute Gasteiger partial charge is 0.457 e. The van der Waals surface area contributed by atoms with Crippen molar-refractivity contribution in [3.63, 3.8) is 0 Å². The Balaban J connectivity index is 1.64. The maximum Gasteiger partial charge on any atom is 0.323 e. The van der Waals surface area contributed by atoms with E-state index in [4.69, 9.17) is 15.7 Å². The Morgan fingerprint density at radius 1 is 0.885 bits per heavy atom. The number of nitrogens with one attached hydrogen (secondary N) is 2. The molecular formula is C20H16N4O2. The van der Waals surface area contributed by atoms with Crippen molar-refractivity contribution in [3.05, 3.63) is 78.4 Å². The third kappa shape index (κ3) is 4.52. The molecule has 0 aliphatic rings. The van der Waals surface area contributed by atoms with E-state index in [1.165, 1.54) is 0 Å². The van der Waals surface area contributed by atoms with Gasteiger partial charge in [0.25, 0.3) is 0 Å². The number of urea groups is 1. The average molecular weight is 344 g/mol. The SMILES string of the molecule is N#Cc1ccc(Oc2cccc(NC(=O)Nc3cccc(N)c3)c2)cc1. The Morgan fingerprint density at radius 3 is 2.19 bits per heavy atom. The van der Waals surface area contributed by atoms with E-state index in [1.54, 1.807) is 72.8 Å². The highest BCUT2D eigenvalue weighted by Crippen LogP contribution is 2.24. The van der Waals surface area contributed by atoms with Crippen molar-refractivity contribution < 1.29 is 9.53 Å². The van der Waals surface area contributed by atoms with Crippen molar-refractivity contribution >= 4 is 23.1 Å². The number of nitrogens with two attached hydrogens (primary N) is 1. The fraction of sp³-hybridized carbons (Fsp3) is 0. The summed E-state index contributed by atoms with van der Waals surface area (Å²) in [4.78, 5) is 12.1. The zero-order valence-electron chi connectivity index (χ0n) is 13.8. The maximum atomic E-state index is 12.1. The fourth-order valence-corrected chi connectivity index (χ4v) is 2.28. The molecule has 4 N–H and O–H groups in total. The molecular weight excluding hydrogens is 328 g/mol. The van der Waals surface area contributed by atoms with Crippen molar-refractivity contribution in [2.45, 2.75) is 0 Å². The molecule has 3 aromatic rings. The molecule has 6 nitrogen and oxygen atoms in total. The molecule has 0 saturated carbocycles. The molecule has 0 aliphatic heterocycles. The van der Waals surface area contributed by atoms with E-state index >= 15 is 0 Å². The van der Waals surface area contributed by atoms with Crippen LogP contribution in [0.15, 0.2) is 72.8 Å². The summed E-state index contributed by atoms with van der Waals surface area (Å²) in [6, 6.07) is 22.4. The van der Waals surface area contributed by atoms with Crippen LogP contribution in [0.3, 0.4) is 0 Å². The number of benzene rings is 3. The number of nitrogen functional groups attached to an aromatic ring is 1. The topological polar surface area (TPSA) is 100 Å². The number of carbonyl (C=O) groups is 1. The Hall–Kier alpha value is -3.98. The highest BCUT2D eigenvalue weighted by Gasteiger charge is 2.05. The Kier molecular flexibility index (Phi) is 5.01. The van der Waals surface area contributed by atoms with Crippen LogP contribution >= 0.6 is 0 Å². The highest BCUT2D eigenvalue weighted by atomic mass is 16.5. The monoisotopic (exact) mass is 344 g/mol. The Morgan fingerprint density at radius 2 is 1.54 bits per heavy atom. The minimum atomic E-state index is -0.383. The average Bonchev–Trinajstić information content (AvgIpc) is 2.62. The first-order chi connectivity index (χ1) is 12.6. The second-order valence-corrected chi connectivity index (χ2v) is 5.47. The van der Waals surface area contributed by atoms with Crippen LogP contribution in [0.5, 0.6) is 11.5 Å². The van der Waals surface area contributed by atoms with Crippen LogP contribution in [-0.2, 0) is 0 Å². The van der Waals surface area contributed by atoms with Gasteiger partial charge in [-0.1, -0.05) is 12.1 Å². The second kappa shape index (κ2) is 7.73. The van der Waals surface area contributed by atoms with Crippen molar-refractivity contribution in [1.29, 1.82) is 5.26 Å². The van der Waals surface area contributed by atoms with Gasteiger partial charge in [0.2, 0.25) is 0 Å². The molecule has 0 aromatic heterocycles. The number of hydrogen-bond donors (Lipinski definition) is 3. The number of nitriles is 1. The standard InChI is InChI=1S/C20H16N4O2/c21-13-14-7-9-18(10-8-14)26-19-6-2-5-17(12-19)24-20(25)23-16-4-1-3-15(22)11-16/h1-12H,22H2,(H2,23,24,25). The van der Waals surface area contributed by atoms with Gasteiger partial charge in [0.15, 0.2) is 0 Å². The van der Waals surface area contributed by atoms with Crippen molar-refractivity contribution in [1.82, 2.24) is 0 Å². The normalized spacial score (nSPS) is 9.81. The van der Waals surface area contributed by atoms with E-state index in [2.05, 4.69) is 16.7 Å². The van der Waals surface area contributed by atoms with E-state index in [0.717, 1.165) is 0 Å². The van der Waals surface area contributed by atoms with Gasteiger partial charge in [0.1, 0.15) is 11.5 Å². The van der Waals surface area contributed by atoms with Gasteiger partial charge in [-0.2, -0.15) is 5.26 Å². The molecule has 0 unspecified atom stereocenters. The first-order valence-corrected chi connectivity index (χ1v) is 7.84. The molecule has 0 radical (unpaired) electrons. The van der Waals surface area contributed by atoms with Gasteiger partial charge < -0.3 is 21.1 Å². The molecule has 128 valence electrons. The number of nitrogens with zero attached hydrogens (tertiary/aromatic N) is 1. The molecule has 3 aromatic carbocycles. The van der Waals surface area contributed by atoms with Gasteiger partial charge >= 0.3 is 6.03 Å². The van der Waals surface area contributed by atoms with E-state index in [-0.39, 0.29) is 6.03 Å². The smallest absolute Gasteiger partial charge is 0.323 e. The zero-order valence-corrected chi connectivity index (χ0v) is 13.8. The predicted octanol–water partition coefficient (Wildman–Crippen LogP) is 4.58. The molecule has 0 atom stereocenters. The van der Waals surface area contributed by atoms with Crippen molar-refractivity contribution in [2.24, 2.45) is 0 Å². The first-order valence-electron chi connectivity index (χ1n) is 7.84. The van der Waals surface area contributed by atoms with E-state index in [1.807, 2.05) is 0 Å². The first kappa shape index (κ1) is 16.9. The second-order valence-electron chi connectivity index (χ2n) is 5.47. The van der Waals surface area contributed by atoms with Gasteiger partial charge in [0.05, 0.1) is 11.6 Å². The summed E-state index contributed by atoms with van der Waals surface area (Å²) in [5, 5.41) is 14.3. The summed E-state index contributed by atoms with van der Waals surface area (Å²) >= 11 is 0. The summed E-state index contributed by atoms with van der Waals surface area (Å²) in [5.41, 5.74) is 8.01. The lowest BCUT2D eigenvalue weighted by Crippen LogP contribution is -2.19. The van der Waals surface area contributed by atoms with Gasteiger partial charge in [-0.25, -0.2) is 4.79 Å². The van der Waals surface area contributed by atoms with Crippen molar-refractivity contribution in [2.75, 3.05) is 16.4 Å². The molecule has 0 aliphatic carbocycles. The quantitative estimate of drug-likeness (QED) is 0.603. The number of anilines is 3. The third-order valence-electron chi connectivity index (χ3n) is 3.46. The summed E-state index contributed by atoms with van der Waals surface area (Å²) in [6.07, 6.45) is 0. The lowest BCUT2D eigenvalue weighted by molar-refractivity contribution is 0.262. The van der Waals surface area contributed by atoms with Crippen molar-refractivity contribution in [3.8, 4) is 17.6 Å². The highest BCUT2D eigenvalue weighted by molar-refractivity contribution is 6.00. The van der Waals surface area contributed by atoms with Gasteiger partial charge in [-0.3, -0.25) is 0 Å². The van der Waals surface area contributed by atoms with E-state index in [9.17, 15) is 4.79 Å². The number of amides is 2. The molecule has 0 heterocycles. The van der Waals surface area contributed by atoms with Crippen LogP contribution in [0.2, 0.25) is 0 Å². The van der Waals surface area contributed by atoms with Crippen LogP contribution in [0.4, 0.5) is 21.9 Å². The minimum Gasteiger partial charge on any atom is -0.457 e. The number of carbonyl (C=O) groups excluding carboxylic acids is 1. The van der Waals surface area contributed by atoms with Gasteiger partial charge in [-0.05, 0) is 54.6 Å². The minimum absolute atomic E-state index is 0.383. The molecule has 0 saturated heterocycles. The van der Waals surface area contributed by atoms with Crippen LogP contribution in [0.1, 0.15) is 5.56 Å². The zero-order chi connectivity index (χ0) is 18.4. The van der Waals surface area contributed by atoms with Crippen LogP contribution in [0.25, 0.3) is 0 Å². The lowest BCUT2D eigenvalue weighted by atomic mass is 10.2. The van der Waals surface area contributed by atoms with E-state index in [0.29, 0.717) is 34.1 Å². The molecule has 0 spiro atoms. The summed E-state index contributed by atoms with van der Waals surface area (Å²) < 4.78 is 5.74. The van der Waals surface area contributed by atoms with Gasteiger partial charge in [0, 0.05) is 23.1 Å². The van der Waals surface area contributed by atoms with Crippen LogP contribution in [-0.4, -0.2) is 6.03 Å². The predicted molar refractivity (Wildman–Crippen MR) is 101 cm³/mol. The van der Waals surface area contributed by atoms with Crippen LogP contribution < -0.4 is 21.1 Å². The van der Waals surface area contributed by atoms with Gasteiger partial charge in [-0.15, -0.1) is 0 Å². The Bertz CT molecular complexity index is 962. The summed E-state index contributed by atoms with van der Waals surface area (Å²) in [6.45, 7) is 0. The lowest BCUT2D eigenvalue weighted by Gasteiger charge is -2.10. The Labute approximate surface area is 150 Å².